The summed E-state index contributed by atoms with van der Waals surface area (Å²) in [6.45, 7) is 6.59. The average Bonchev–Trinajstić information content (AvgIpc) is 3.30. The van der Waals surface area contributed by atoms with Crippen LogP contribution in [0.5, 0.6) is 5.75 Å². The van der Waals surface area contributed by atoms with Crippen LogP contribution >= 0.6 is 0 Å². The van der Waals surface area contributed by atoms with Gasteiger partial charge < -0.3 is 19.9 Å². The number of rotatable bonds is 4. The van der Waals surface area contributed by atoms with Gasteiger partial charge in [0.2, 0.25) is 5.91 Å². The maximum atomic E-state index is 13.0. The van der Waals surface area contributed by atoms with Gasteiger partial charge in [0, 0.05) is 38.8 Å². The van der Waals surface area contributed by atoms with Gasteiger partial charge in [0.15, 0.2) is 0 Å². The smallest absolute Gasteiger partial charge is 0.253 e. The third-order valence-electron chi connectivity index (χ3n) is 7.91. The van der Waals surface area contributed by atoms with Crippen molar-refractivity contribution >= 4 is 11.8 Å². The number of benzene rings is 1. The van der Waals surface area contributed by atoms with Crippen LogP contribution in [0.3, 0.4) is 0 Å². The molecule has 2 aliphatic heterocycles. The van der Waals surface area contributed by atoms with E-state index in [0.717, 1.165) is 58.4 Å². The van der Waals surface area contributed by atoms with E-state index in [-0.39, 0.29) is 22.6 Å². The van der Waals surface area contributed by atoms with Crippen molar-refractivity contribution in [2.24, 2.45) is 16.7 Å². The number of carbonyl (C=O) groups is 2. The first-order valence-electron chi connectivity index (χ1n) is 10.9. The minimum atomic E-state index is -0.246. The van der Waals surface area contributed by atoms with Crippen molar-refractivity contribution in [2.45, 2.75) is 32.6 Å². The molecule has 0 radical (unpaired) electrons. The Kier molecular flexibility index (Phi) is 5.32. The summed E-state index contributed by atoms with van der Waals surface area (Å²) in [6, 6.07) is 7.40. The van der Waals surface area contributed by atoms with Crippen molar-refractivity contribution in [3.05, 3.63) is 29.8 Å². The number of amides is 2. The molecular weight excluding hydrogens is 366 g/mol. The van der Waals surface area contributed by atoms with Crippen LogP contribution in [-0.2, 0) is 4.79 Å². The zero-order valence-electron chi connectivity index (χ0n) is 17.9. The van der Waals surface area contributed by atoms with Gasteiger partial charge in [0.25, 0.3) is 5.91 Å². The van der Waals surface area contributed by atoms with E-state index in [0.29, 0.717) is 17.2 Å². The van der Waals surface area contributed by atoms with Crippen molar-refractivity contribution in [2.75, 3.05) is 46.9 Å². The molecule has 1 aromatic rings. The normalized spacial score (nSPS) is 28.4. The Hall–Kier alpha value is -2.08. The number of nitrogens with zero attached hydrogens (tertiary/aromatic N) is 2. The van der Waals surface area contributed by atoms with Crippen LogP contribution in [0.4, 0.5) is 0 Å². The van der Waals surface area contributed by atoms with Crippen LogP contribution in [0, 0.1) is 16.7 Å². The molecule has 3 aliphatic rings. The Morgan fingerprint density at radius 3 is 2.62 bits per heavy atom. The quantitative estimate of drug-likeness (QED) is 0.845. The van der Waals surface area contributed by atoms with Crippen LogP contribution in [0.2, 0.25) is 0 Å². The second-order valence-electron chi connectivity index (χ2n) is 9.00. The fourth-order valence-corrected chi connectivity index (χ4v) is 6.21. The van der Waals surface area contributed by atoms with Crippen LogP contribution in [0.1, 0.15) is 43.0 Å². The number of carbonyl (C=O) groups excluding carboxylic acids is 2. The van der Waals surface area contributed by atoms with Gasteiger partial charge in [-0.15, -0.1) is 0 Å². The van der Waals surface area contributed by atoms with Gasteiger partial charge in [-0.05, 0) is 61.8 Å². The molecule has 2 atom stereocenters. The summed E-state index contributed by atoms with van der Waals surface area (Å²) in [5.74, 6) is 1.39. The second kappa shape index (κ2) is 7.63. The molecule has 2 heterocycles. The van der Waals surface area contributed by atoms with E-state index in [4.69, 9.17) is 4.74 Å². The van der Waals surface area contributed by atoms with Gasteiger partial charge in [-0.3, -0.25) is 9.59 Å². The highest BCUT2D eigenvalue weighted by Gasteiger charge is 2.63. The van der Waals surface area contributed by atoms with Crippen LogP contribution in [0.15, 0.2) is 24.3 Å². The first-order valence-corrected chi connectivity index (χ1v) is 10.9. The van der Waals surface area contributed by atoms with E-state index >= 15 is 0 Å². The predicted octanol–water partition coefficient (Wildman–Crippen LogP) is 2.40. The summed E-state index contributed by atoms with van der Waals surface area (Å²) in [6.07, 6.45) is 4.05. The minimum Gasteiger partial charge on any atom is -0.497 e. The molecule has 6 heteroatoms. The maximum absolute atomic E-state index is 13.0. The highest BCUT2D eigenvalue weighted by Crippen LogP contribution is 2.62. The van der Waals surface area contributed by atoms with Crippen LogP contribution in [-0.4, -0.2) is 68.5 Å². The molecule has 158 valence electrons. The predicted molar refractivity (Wildman–Crippen MR) is 112 cm³/mol. The summed E-state index contributed by atoms with van der Waals surface area (Å²) >= 11 is 0. The third kappa shape index (κ3) is 3.21. The lowest BCUT2D eigenvalue weighted by Gasteiger charge is -2.44. The standard InChI is InChI=1S/C23H33N3O3/c1-4-25-15-19-22(8-9-23(19,16-25)21(28)24-2)10-12-26(13-11-22)20(27)17-6-5-7-18(14-17)29-3/h5-7,14,19H,4,8-13,15-16H2,1-3H3,(H,24,28)/t19-,23+/m0/s1. The van der Waals surface area contributed by atoms with E-state index in [1.54, 1.807) is 14.2 Å². The Morgan fingerprint density at radius 1 is 1.21 bits per heavy atom. The first kappa shape index (κ1) is 20.2. The topological polar surface area (TPSA) is 61.9 Å². The second-order valence-corrected chi connectivity index (χ2v) is 9.00. The molecule has 1 saturated carbocycles. The molecule has 1 N–H and O–H groups in total. The molecule has 6 nitrogen and oxygen atoms in total. The van der Waals surface area contributed by atoms with Crippen molar-refractivity contribution in [1.29, 1.82) is 0 Å². The number of hydrogen-bond donors (Lipinski definition) is 1. The Morgan fingerprint density at radius 2 is 1.97 bits per heavy atom. The lowest BCUT2D eigenvalue weighted by molar-refractivity contribution is -0.132. The SMILES string of the molecule is CCN1C[C@H]2C3(CCN(C(=O)c4cccc(OC)c4)CC3)CC[C@@]2(C(=O)NC)C1. The highest BCUT2D eigenvalue weighted by molar-refractivity contribution is 5.94. The molecule has 0 aromatic heterocycles. The number of ether oxygens (including phenoxy) is 1. The summed E-state index contributed by atoms with van der Waals surface area (Å²) in [5, 5.41) is 2.95. The van der Waals surface area contributed by atoms with Crippen LogP contribution < -0.4 is 10.1 Å². The Balaban J connectivity index is 1.50. The molecule has 2 saturated heterocycles. The molecule has 4 rings (SSSR count). The van der Waals surface area contributed by atoms with Gasteiger partial charge in [0.05, 0.1) is 12.5 Å². The Labute approximate surface area is 173 Å². The van der Waals surface area contributed by atoms with Crippen molar-refractivity contribution in [3.63, 3.8) is 0 Å². The van der Waals surface area contributed by atoms with Crippen molar-refractivity contribution < 1.29 is 14.3 Å². The monoisotopic (exact) mass is 399 g/mol. The molecule has 0 bridgehead atoms. The number of hydrogen-bond acceptors (Lipinski definition) is 4. The van der Waals surface area contributed by atoms with E-state index in [1.807, 2.05) is 29.2 Å². The summed E-state index contributed by atoms with van der Waals surface area (Å²) in [4.78, 5) is 30.3. The number of fused-ring (bicyclic) bond motifs is 2. The van der Waals surface area contributed by atoms with E-state index in [9.17, 15) is 9.59 Å². The molecule has 1 aromatic carbocycles. The molecule has 1 aliphatic carbocycles. The number of nitrogens with one attached hydrogen (secondary N) is 1. The van der Waals surface area contributed by atoms with Gasteiger partial charge >= 0.3 is 0 Å². The first-order chi connectivity index (χ1) is 14.0. The average molecular weight is 400 g/mol. The zero-order valence-corrected chi connectivity index (χ0v) is 17.9. The van der Waals surface area contributed by atoms with Gasteiger partial charge in [0.1, 0.15) is 5.75 Å². The largest absolute Gasteiger partial charge is 0.497 e. The minimum absolute atomic E-state index is 0.0796. The van der Waals surface area contributed by atoms with Gasteiger partial charge in [-0.2, -0.15) is 0 Å². The molecule has 3 fully saturated rings. The van der Waals surface area contributed by atoms with E-state index in [1.165, 1.54) is 0 Å². The number of likely N-dealkylation sites (tertiary alicyclic amines) is 2. The lowest BCUT2D eigenvalue weighted by atomic mass is 9.65. The van der Waals surface area contributed by atoms with Crippen LogP contribution in [0.25, 0.3) is 0 Å². The molecule has 1 spiro atoms. The fraction of sp³-hybridized carbons (Fsp3) is 0.652. The molecule has 29 heavy (non-hydrogen) atoms. The van der Waals surface area contributed by atoms with Gasteiger partial charge in [-0.1, -0.05) is 13.0 Å². The fourth-order valence-electron chi connectivity index (χ4n) is 6.21. The number of piperidine rings is 1. The maximum Gasteiger partial charge on any atom is 0.253 e. The van der Waals surface area contributed by atoms with Crippen molar-refractivity contribution in [1.82, 2.24) is 15.1 Å². The Bertz CT molecular complexity index is 787. The molecule has 2 amide bonds. The van der Waals surface area contributed by atoms with E-state index < -0.39 is 0 Å². The van der Waals surface area contributed by atoms with E-state index in [2.05, 4.69) is 17.1 Å². The summed E-state index contributed by atoms with van der Waals surface area (Å²) in [7, 11) is 3.39. The molecular formula is C23H33N3O3. The summed E-state index contributed by atoms with van der Waals surface area (Å²) < 4.78 is 5.27. The third-order valence-corrected chi connectivity index (χ3v) is 7.91. The lowest BCUT2D eigenvalue weighted by Crippen LogP contribution is -2.49. The summed E-state index contributed by atoms with van der Waals surface area (Å²) in [5.41, 5.74) is 0.621. The number of methoxy groups -OCH3 is 1. The highest BCUT2D eigenvalue weighted by atomic mass is 16.5. The van der Waals surface area contributed by atoms with Gasteiger partial charge in [-0.25, -0.2) is 0 Å². The van der Waals surface area contributed by atoms with Crippen molar-refractivity contribution in [3.8, 4) is 5.75 Å². The molecule has 0 unspecified atom stereocenters. The zero-order chi connectivity index (χ0) is 20.6.